The molecule has 0 aliphatic carbocycles. The molecule has 0 amide bonds. The summed E-state index contributed by atoms with van der Waals surface area (Å²) in [4.78, 5) is 4.81. The number of fused-ring (bicyclic) bond motifs is 1. The Bertz CT molecular complexity index is 980. The summed E-state index contributed by atoms with van der Waals surface area (Å²) in [6.07, 6.45) is 3.48. The average molecular weight is 325 g/mol. The van der Waals surface area contributed by atoms with E-state index in [4.69, 9.17) is 5.10 Å². The van der Waals surface area contributed by atoms with Gasteiger partial charge in [-0.3, -0.25) is 9.67 Å². The summed E-state index contributed by atoms with van der Waals surface area (Å²) in [5.41, 5.74) is 4.14. The molecule has 4 rings (SSSR count). The van der Waals surface area contributed by atoms with E-state index in [2.05, 4.69) is 34.1 Å². The van der Waals surface area contributed by atoms with Crippen molar-refractivity contribution in [3.63, 3.8) is 0 Å². The second kappa shape index (κ2) is 5.24. The van der Waals surface area contributed by atoms with Crippen LogP contribution in [0.15, 0.2) is 24.5 Å². The molecule has 0 spiro atoms. The van der Waals surface area contributed by atoms with Crippen LogP contribution < -0.4 is 0 Å². The van der Waals surface area contributed by atoms with E-state index in [9.17, 15) is 0 Å². The molecule has 0 aliphatic heterocycles. The van der Waals surface area contributed by atoms with Crippen LogP contribution in [-0.4, -0.2) is 34.6 Å². The molecule has 0 aromatic carbocycles. The zero-order chi connectivity index (χ0) is 16.0. The average Bonchev–Trinajstić information content (AvgIpc) is 3.20. The van der Waals surface area contributed by atoms with Crippen molar-refractivity contribution in [2.45, 2.75) is 27.3 Å². The summed E-state index contributed by atoms with van der Waals surface area (Å²) < 4.78 is 3.79. The van der Waals surface area contributed by atoms with Gasteiger partial charge < -0.3 is 0 Å². The standard InChI is InChI=1S/C15H15N7S/c1-4-21-10(3)12(9(2)19-21)14-20-22-13(17-18-15(22)23-14)11-5-7-16-8-6-11/h5-8H,4H2,1-3H3. The van der Waals surface area contributed by atoms with Crippen LogP contribution in [0.25, 0.3) is 26.9 Å². The quantitative estimate of drug-likeness (QED) is 0.579. The summed E-state index contributed by atoms with van der Waals surface area (Å²) in [6, 6.07) is 3.81. The molecule has 0 saturated heterocycles. The lowest BCUT2D eigenvalue weighted by Gasteiger charge is -1.99. The first-order chi connectivity index (χ1) is 11.2. The van der Waals surface area contributed by atoms with Gasteiger partial charge in [0.2, 0.25) is 4.96 Å². The Morgan fingerprint density at radius 2 is 1.87 bits per heavy atom. The molecule has 0 bridgehead atoms. The predicted octanol–water partition coefficient (Wildman–Crippen LogP) is 2.75. The Morgan fingerprint density at radius 3 is 2.57 bits per heavy atom. The molecule has 0 atom stereocenters. The number of hydrogen-bond donors (Lipinski definition) is 0. The molecule has 4 heterocycles. The van der Waals surface area contributed by atoms with Gasteiger partial charge >= 0.3 is 0 Å². The van der Waals surface area contributed by atoms with Crippen molar-refractivity contribution < 1.29 is 0 Å². The third-order valence-corrected chi connectivity index (χ3v) is 4.74. The lowest BCUT2D eigenvalue weighted by Crippen LogP contribution is -1.98. The van der Waals surface area contributed by atoms with Crippen LogP contribution in [0.1, 0.15) is 18.3 Å². The molecular weight excluding hydrogens is 310 g/mol. The van der Waals surface area contributed by atoms with E-state index in [0.29, 0.717) is 0 Å². The van der Waals surface area contributed by atoms with Crippen molar-refractivity contribution in [3.05, 3.63) is 35.9 Å². The first-order valence-corrected chi connectivity index (χ1v) is 8.17. The van der Waals surface area contributed by atoms with Gasteiger partial charge in [-0.2, -0.15) is 14.7 Å². The first-order valence-electron chi connectivity index (χ1n) is 7.36. The molecule has 8 heteroatoms. The Kier molecular flexibility index (Phi) is 3.19. The SMILES string of the molecule is CCn1nc(C)c(-c2nn3c(-c4ccncc4)nnc3s2)c1C. The number of hydrogen-bond acceptors (Lipinski definition) is 6. The van der Waals surface area contributed by atoms with Gasteiger partial charge in [-0.05, 0) is 32.9 Å². The fourth-order valence-electron chi connectivity index (χ4n) is 2.71. The maximum atomic E-state index is 4.73. The maximum Gasteiger partial charge on any atom is 0.235 e. The van der Waals surface area contributed by atoms with Crippen molar-refractivity contribution in [1.82, 2.24) is 34.6 Å². The molecule has 116 valence electrons. The molecule has 7 nitrogen and oxygen atoms in total. The zero-order valence-corrected chi connectivity index (χ0v) is 13.9. The Morgan fingerprint density at radius 1 is 1.09 bits per heavy atom. The third-order valence-electron chi connectivity index (χ3n) is 3.82. The summed E-state index contributed by atoms with van der Waals surface area (Å²) >= 11 is 1.53. The fraction of sp³-hybridized carbons (Fsp3) is 0.267. The molecular formula is C15H15N7S. The van der Waals surface area contributed by atoms with E-state index >= 15 is 0 Å². The number of rotatable bonds is 3. The van der Waals surface area contributed by atoms with Crippen LogP contribution in [-0.2, 0) is 6.54 Å². The van der Waals surface area contributed by atoms with Gasteiger partial charge in [0.25, 0.3) is 0 Å². The van der Waals surface area contributed by atoms with Crippen LogP contribution in [0.5, 0.6) is 0 Å². The molecule has 0 aliphatic rings. The van der Waals surface area contributed by atoms with Gasteiger partial charge in [0.05, 0.1) is 11.3 Å². The molecule has 0 N–H and O–H groups in total. The van der Waals surface area contributed by atoms with Crippen molar-refractivity contribution in [2.24, 2.45) is 0 Å². The van der Waals surface area contributed by atoms with E-state index in [1.807, 2.05) is 23.7 Å². The van der Waals surface area contributed by atoms with Crippen molar-refractivity contribution in [3.8, 4) is 22.0 Å². The second-order valence-electron chi connectivity index (χ2n) is 5.22. The molecule has 23 heavy (non-hydrogen) atoms. The van der Waals surface area contributed by atoms with Crippen LogP contribution >= 0.6 is 11.3 Å². The summed E-state index contributed by atoms with van der Waals surface area (Å²) in [7, 11) is 0. The van der Waals surface area contributed by atoms with Crippen molar-refractivity contribution >= 4 is 16.3 Å². The van der Waals surface area contributed by atoms with Crippen molar-refractivity contribution in [1.29, 1.82) is 0 Å². The molecule has 0 fully saturated rings. The van der Waals surface area contributed by atoms with E-state index in [-0.39, 0.29) is 0 Å². The van der Waals surface area contributed by atoms with Crippen LogP contribution in [0.2, 0.25) is 0 Å². The summed E-state index contributed by atoms with van der Waals surface area (Å²) in [5.74, 6) is 0.725. The first kappa shape index (κ1) is 14.0. The van der Waals surface area contributed by atoms with Crippen LogP contribution in [0, 0.1) is 13.8 Å². The third kappa shape index (κ3) is 2.14. The minimum atomic E-state index is 0.725. The molecule has 4 aromatic rings. The molecule has 4 aromatic heterocycles. The Balaban J connectivity index is 1.88. The van der Waals surface area contributed by atoms with Gasteiger partial charge in [0.1, 0.15) is 0 Å². The highest BCUT2D eigenvalue weighted by molar-refractivity contribution is 7.19. The minimum Gasteiger partial charge on any atom is -0.269 e. The van der Waals surface area contributed by atoms with Gasteiger partial charge in [-0.25, -0.2) is 0 Å². The normalized spacial score (nSPS) is 11.4. The molecule has 0 unspecified atom stereocenters. The molecule has 0 saturated carbocycles. The van der Waals surface area contributed by atoms with Crippen molar-refractivity contribution in [2.75, 3.05) is 0 Å². The number of aryl methyl sites for hydroxylation is 2. The van der Waals surface area contributed by atoms with E-state index in [0.717, 1.165) is 44.9 Å². The second-order valence-corrected chi connectivity index (χ2v) is 6.18. The fourth-order valence-corrected chi connectivity index (χ4v) is 3.70. The zero-order valence-electron chi connectivity index (χ0n) is 13.1. The van der Waals surface area contributed by atoms with Gasteiger partial charge in [0.15, 0.2) is 10.8 Å². The van der Waals surface area contributed by atoms with Crippen LogP contribution in [0.4, 0.5) is 0 Å². The minimum absolute atomic E-state index is 0.725. The highest BCUT2D eigenvalue weighted by Gasteiger charge is 2.19. The highest BCUT2D eigenvalue weighted by atomic mass is 32.1. The predicted molar refractivity (Wildman–Crippen MR) is 88.3 cm³/mol. The summed E-state index contributed by atoms with van der Waals surface area (Å²) in [6.45, 7) is 7.02. The largest absolute Gasteiger partial charge is 0.269 e. The maximum absolute atomic E-state index is 4.73. The van der Waals surface area contributed by atoms with Crippen LogP contribution in [0.3, 0.4) is 0 Å². The summed E-state index contributed by atoms with van der Waals surface area (Å²) in [5, 5.41) is 18.7. The highest BCUT2D eigenvalue weighted by Crippen LogP contribution is 2.32. The lowest BCUT2D eigenvalue weighted by molar-refractivity contribution is 0.634. The molecule has 0 radical (unpaired) electrons. The van der Waals surface area contributed by atoms with E-state index in [1.165, 1.54) is 11.3 Å². The topological polar surface area (TPSA) is 73.8 Å². The lowest BCUT2D eigenvalue weighted by atomic mass is 10.2. The Hall–Kier alpha value is -2.61. The van der Waals surface area contributed by atoms with E-state index in [1.54, 1.807) is 16.9 Å². The van der Waals surface area contributed by atoms with Gasteiger partial charge in [-0.15, -0.1) is 10.2 Å². The monoisotopic (exact) mass is 325 g/mol. The number of aromatic nitrogens is 7. The van der Waals surface area contributed by atoms with Gasteiger partial charge in [-0.1, -0.05) is 11.3 Å². The van der Waals surface area contributed by atoms with Gasteiger partial charge in [0, 0.05) is 30.2 Å². The van der Waals surface area contributed by atoms with E-state index < -0.39 is 0 Å². The number of nitrogens with zero attached hydrogens (tertiary/aromatic N) is 7. The number of pyridine rings is 1. The Labute approximate surface area is 136 Å². The smallest absolute Gasteiger partial charge is 0.235 e.